The fraction of sp³-hybridized carbons (Fsp3) is 0.333. The van der Waals surface area contributed by atoms with Gasteiger partial charge in [0.15, 0.2) is 17.8 Å². The first kappa shape index (κ1) is 13.3. The molecule has 7 heteroatoms. The molecule has 3 heterocycles. The van der Waals surface area contributed by atoms with Crippen LogP contribution in [-0.2, 0) is 16.0 Å². The number of nitrogens with zero attached hydrogens (tertiary/aromatic N) is 2. The summed E-state index contributed by atoms with van der Waals surface area (Å²) in [6.07, 6.45) is -0.419. The maximum absolute atomic E-state index is 11.9. The summed E-state index contributed by atoms with van der Waals surface area (Å²) in [5.74, 6) is 1.39. The number of aromatic nitrogens is 2. The van der Waals surface area contributed by atoms with Crippen molar-refractivity contribution in [2.45, 2.75) is 12.8 Å². The smallest absolute Gasteiger partial charge is 0.266 e. The maximum Gasteiger partial charge on any atom is 0.266 e. The number of rotatable bonds is 3. The van der Waals surface area contributed by atoms with Crippen LogP contribution < -0.4 is 15.0 Å². The van der Waals surface area contributed by atoms with E-state index in [2.05, 4.69) is 5.10 Å². The molecular formula is C15H14N2O5. The predicted octanol–water partition coefficient (Wildman–Crippen LogP) is 1.01. The summed E-state index contributed by atoms with van der Waals surface area (Å²) in [4.78, 5) is 11.9. The van der Waals surface area contributed by atoms with E-state index in [9.17, 15) is 4.79 Å². The van der Waals surface area contributed by atoms with Crippen LogP contribution in [0.4, 0.5) is 0 Å². The number of hydrogen-bond acceptors (Lipinski definition) is 6. The highest BCUT2D eigenvalue weighted by molar-refractivity contribution is 5.63. The van der Waals surface area contributed by atoms with Gasteiger partial charge in [-0.2, -0.15) is 5.10 Å². The van der Waals surface area contributed by atoms with Gasteiger partial charge in [-0.3, -0.25) is 4.79 Å². The minimum Gasteiger partial charge on any atom is -0.454 e. The Morgan fingerprint density at radius 2 is 1.91 bits per heavy atom. The summed E-state index contributed by atoms with van der Waals surface area (Å²) in [5, 5.41) is 4.38. The SMILES string of the molecule is O=c1ccc(-c2ccc3c(c2)OCO3)nn1CC1OCCO1. The summed E-state index contributed by atoms with van der Waals surface area (Å²) in [6.45, 7) is 1.59. The Hall–Kier alpha value is -2.38. The van der Waals surface area contributed by atoms with Crippen LogP contribution in [0.5, 0.6) is 11.5 Å². The Balaban J connectivity index is 1.65. The molecule has 22 heavy (non-hydrogen) atoms. The van der Waals surface area contributed by atoms with E-state index < -0.39 is 6.29 Å². The molecule has 0 radical (unpaired) electrons. The van der Waals surface area contributed by atoms with Crippen molar-refractivity contribution in [1.82, 2.24) is 9.78 Å². The molecule has 7 nitrogen and oxygen atoms in total. The largest absolute Gasteiger partial charge is 0.454 e. The van der Waals surface area contributed by atoms with Gasteiger partial charge in [0.1, 0.15) is 0 Å². The molecule has 0 bridgehead atoms. The van der Waals surface area contributed by atoms with E-state index in [1.54, 1.807) is 6.07 Å². The van der Waals surface area contributed by atoms with Gasteiger partial charge in [-0.05, 0) is 24.3 Å². The van der Waals surface area contributed by atoms with Crippen LogP contribution >= 0.6 is 0 Å². The molecule has 114 valence electrons. The molecule has 4 rings (SSSR count). The van der Waals surface area contributed by atoms with Crippen LogP contribution in [0.1, 0.15) is 0 Å². The minimum absolute atomic E-state index is 0.191. The van der Waals surface area contributed by atoms with Crippen molar-refractivity contribution in [3.8, 4) is 22.8 Å². The van der Waals surface area contributed by atoms with Crippen LogP contribution in [0, 0.1) is 0 Å². The molecule has 0 unspecified atom stereocenters. The lowest BCUT2D eigenvalue weighted by molar-refractivity contribution is -0.0553. The third-order valence-corrected chi connectivity index (χ3v) is 3.55. The highest BCUT2D eigenvalue weighted by Gasteiger charge is 2.18. The number of ether oxygens (including phenoxy) is 4. The molecule has 0 atom stereocenters. The lowest BCUT2D eigenvalue weighted by Crippen LogP contribution is -2.29. The van der Waals surface area contributed by atoms with Crippen molar-refractivity contribution >= 4 is 0 Å². The second-order valence-corrected chi connectivity index (χ2v) is 4.98. The van der Waals surface area contributed by atoms with Crippen LogP contribution in [0.25, 0.3) is 11.3 Å². The van der Waals surface area contributed by atoms with E-state index in [1.165, 1.54) is 10.7 Å². The molecule has 0 spiro atoms. The Labute approximate surface area is 126 Å². The monoisotopic (exact) mass is 302 g/mol. The van der Waals surface area contributed by atoms with E-state index in [1.807, 2.05) is 18.2 Å². The number of benzene rings is 1. The predicted molar refractivity (Wildman–Crippen MR) is 75.7 cm³/mol. The summed E-state index contributed by atoms with van der Waals surface area (Å²) in [7, 11) is 0. The highest BCUT2D eigenvalue weighted by atomic mass is 16.7. The van der Waals surface area contributed by atoms with Gasteiger partial charge in [0.05, 0.1) is 25.5 Å². The first-order chi connectivity index (χ1) is 10.8. The molecule has 0 aliphatic carbocycles. The van der Waals surface area contributed by atoms with Crippen LogP contribution in [0.2, 0.25) is 0 Å². The van der Waals surface area contributed by atoms with E-state index in [0.29, 0.717) is 30.4 Å². The standard InChI is InChI=1S/C15H14N2O5/c18-14-4-2-11(16-17(14)8-15-19-5-6-20-15)10-1-3-12-13(7-10)22-9-21-12/h1-4,7,15H,5-6,8-9H2. The van der Waals surface area contributed by atoms with Crippen LogP contribution in [0.15, 0.2) is 35.1 Å². The van der Waals surface area contributed by atoms with Gasteiger partial charge < -0.3 is 18.9 Å². The zero-order chi connectivity index (χ0) is 14.9. The zero-order valence-corrected chi connectivity index (χ0v) is 11.7. The van der Waals surface area contributed by atoms with Gasteiger partial charge in [-0.1, -0.05) is 0 Å². The molecule has 2 aromatic rings. The summed E-state index contributed by atoms with van der Waals surface area (Å²) >= 11 is 0. The normalized spacial score (nSPS) is 17.1. The Kier molecular flexibility index (Phi) is 3.28. The average molecular weight is 302 g/mol. The van der Waals surface area contributed by atoms with Crippen molar-refractivity contribution in [2.75, 3.05) is 20.0 Å². The molecule has 2 aliphatic rings. The number of hydrogen-bond donors (Lipinski definition) is 0. The van der Waals surface area contributed by atoms with Gasteiger partial charge >= 0.3 is 0 Å². The summed E-state index contributed by atoms with van der Waals surface area (Å²) in [6, 6.07) is 8.74. The van der Waals surface area contributed by atoms with E-state index in [0.717, 1.165) is 5.56 Å². The second kappa shape index (κ2) is 5.43. The second-order valence-electron chi connectivity index (χ2n) is 4.98. The lowest BCUT2D eigenvalue weighted by atomic mass is 10.1. The Morgan fingerprint density at radius 3 is 2.77 bits per heavy atom. The first-order valence-electron chi connectivity index (χ1n) is 7.01. The maximum atomic E-state index is 11.9. The highest BCUT2D eigenvalue weighted by Crippen LogP contribution is 2.35. The summed E-state index contributed by atoms with van der Waals surface area (Å²) in [5.41, 5.74) is 1.34. The third-order valence-electron chi connectivity index (χ3n) is 3.55. The molecule has 1 aromatic carbocycles. The minimum atomic E-state index is -0.419. The zero-order valence-electron chi connectivity index (χ0n) is 11.7. The molecule has 0 saturated carbocycles. The third kappa shape index (κ3) is 2.44. The quantitative estimate of drug-likeness (QED) is 0.842. The fourth-order valence-electron chi connectivity index (χ4n) is 2.44. The van der Waals surface area contributed by atoms with Crippen molar-refractivity contribution in [1.29, 1.82) is 0 Å². The van der Waals surface area contributed by atoms with Crippen molar-refractivity contribution in [3.05, 3.63) is 40.7 Å². The van der Waals surface area contributed by atoms with Gasteiger partial charge in [0.2, 0.25) is 6.79 Å². The van der Waals surface area contributed by atoms with Gasteiger partial charge in [0, 0.05) is 11.6 Å². The fourth-order valence-corrected chi connectivity index (χ4v) is 2.44. The van der Waals surface area contributed by atoms with Gasteiger partial charge in [-0.15, -0.1) is 0 Å². The van der Waals surface area contributed by atoms with Crippen molar-refractivity contribution in [2.24, 2.45) is 0 Å². The van der Waals surface area contributed by atoms with Crippen molar-refractivity contribution in [3.63, 3.8) is 0 Å². The van der Waals surface area contributed by atoms with Crippen LogP contribution in [-0.4, -0.2) is 36.1 Å². The van der Waals surface area contributed by atoms with E-state index in [4.69, 9.17) is 18.9 Å². The van der Waals surface area contributed by atoms with E-state index >= 15 is 0 Å². The molecule has 2 aliphatic heterocycles. The molecule has 1 fully saturated rings. The van der Waals surface area contributed by atoms with Gasteiger partial charge in [0.25, 0.3) is 5.56 Å². The topological polar surface area (TPSA) is 71.8 Å². The molecule has 1 saturated heterocycles. The molecule has 0 N–H and O–H groups in total. The molecule has 1 aromatic heterocycles. The first-order valence-corrected chi connectivity index (χ1v) is 7.01. The van der Waals surface area contributed by atoms with Crippen molar-refractivity contribution < 1.29 is 18.9 Å². The Morgan fingerprint density at radius 1 is 1.09 bits per heavy atom. The molecule has 0 amide bonds. The van der Waals surface area contributed by atoms with Crippen LogP contribution in [0.3, 0.4) is 0 Å². The summed E-state index contributed by atoms with van der Waals surface area (Å²) < 4.78 is 22.7. The average Bonchev–Trinajstić information content (AvgIpc) is 3.19. The number of fused-ring (bicyclic) bond motifs is 1. The Bertz CT molecular complexity index is 752. The van der Waals surface area contributed by atoms with Gasteiger partial charge in [-0.25, -0.2) is 4.68 Å². The molecular weight excluding hydrogens is 288 g/mol. The lowest BCUT2D eigenvalue weighted by Gasteiger charge is -2.11. The van der Waals surface area contributed by atoms with E-state index in [-0.39, 0.29) is 18.9 Å².